The third-order valence-corrected chi connectivity index (χ3v) is 4.24. The van der Waals surface area contributed by atoms with Crippen molar-refractivity contribution in [2.24, 2.45) is 5.92 Å². The monoisotopic (exact) mass is 265 g/mol. The molecule has 1 aliphatic heterocycles. The molecule has 1 heterocycles. The first-order valence-electron chi connectivity index (χ1n) is 6.39. The van der Waals surface area contributed by atoms with Gasteiger partial charge in [-0.1, -0.05) is 12.1 Å². The standard InChI is InChI=1S/C14H19NO2S/c1-2-17-13-6-4-3-5-12(13)14(16)15-9-11-7-8-18-10-11/h3-6,11H,2,7-10H2,1H3,(H,15,16)/t11-/m0/s1. The molecular formula is C14H19NO2S. The Hall–Kier alpha value is -1.16. The van der Waals surface area contributed by atoms with Crippen molar-refractivity contribution >= 4 is 17.7 Å². The van der Waals surface area contributed by atoms with Crippen molar-refractivity contribution in [1.82, 2.24) is 5.32 Å². The highest BCUT2D eigenvalue weighted by atomic mass is 32.2. The third-order valence-electron chi connectivity index (χ3n) is 3.01. The Balaban J connectivity index is 1.94. The van der Waals surface area contributed by atoms with Crippen LogP contribution in [0.15, 0.2) is 24.3 Å². The van der Waals surface area contributed by atoms with Gasteiger partial charge in [-0.15, -0.1) is 0 Å². The van der Waals surface area contributed by atoms with E-state index in [0.29, 0.717) is 23.8 Å². The zero-order valence-corrected chi connectivity index (χ0v) is 11.5. The minimum absolute atomic E-state index is 0.0315. The summed E-state index contributed by atoms with van der Waals surface area (Å²) in [6.07, 6.45) is 1.21. The van der Waals surface area contributed by atoms with Gasteiger partial charge in [-0.25, -0.2) is 0 Å². The highest BCUT2D eigenvalue weighted by molar-refractivity contribution is 7.99. The molecule has 1 aliphatic rings. The van der Waals surface area contributed by atoms with Crippen LogP contribution in [0.2, 0.25) is 0 Å². The minimum Gasteiger partial charge on any atom is -0.493 e. The highest BCUT2D eigenvalue weighted by Crippen LogP contribution is 2.23. The molecular weight excluding hydrogens is 246 g/mol. The maximum Gasteiger partial charge on any atom is 0.255 e. The lowest BCUT2D eigenvalue weighted by atomic mass is 10.1. The molecule has 1 N–H and O–H groups in total. The van der Waals surface area contributed by atoms with E-state index < -0.39 is 0 Å². The molecule has 1 atom stereocenters. The van der Waals surface area contributed by atoms with Crippen molar-refractivity contribution in [1.29, 1.82) is 0 Å². The van der Waals surface area contributed by atoms with Crippen LogP contribution in [0, 0.1) is 5.92 Å². The summed E-state index contributed by atoms with van der Waals surface area (Å²) >= 11 is 1.96. The van der Waals surface area contributed by atoms with Crippen molar-refractivity contribution in [3.05, 3.63) is 29.8 Å². The van der Waals surface area contributed by atoms with Crippen LogP contribution < -0.4 is 10.1 Å². The number of thioether (sulfide) groups is 1. The van der Waals surface area contributed by atoms with E-state index in [1.807, 2.05) is 43.0 Å². The summed E-state index contributed by atoms with van der Waals surface area (Å²) in [7, 11) is 0. The number of nitrogens with one attached hydrogen (secondary N) is 1. The Morgan fingerprint density at radius 2 is 2.33 bits per heavy atom. The number of carbonyl (C=O) groups is 1. The summed E-state index contributed by atoms with van der Waals surface area (Å²) in [6.45, 7) is 3.26. The summed E-state index contributed by atoms with van der Waals surface area (Å²) in [6, 6.07) is 7.39. The van der Waals surface area contributed by atoms with Crippen molar-refractivity contribution in [2.75, 3.05) is 24.7 Å². The van der Waals surface area contributed by atoms with Crippen molar-refractivity contribution in [3.63, 3.8) is 0 Å². The first kappa shape index (κ1) is 13.3. The lowest BCUT2D eigenvalue weighted by Crippen LogP contribution is -2.29. The van der Waals surface area contributed by atoms with Crippen LogP contribution in [0.3, 0.4) is 0 Å². The van der Waals surface area contributed by atoms with Crippen molar-refractivity contribution in [3.8, 4) is 5.75 Å². The second kappa shape index (κ2) is 6.69. The predicted octanol–water partition coefficient (Wildman–Crippen LogP) is 2.57. The molecule has 0 saturated carbocycles. The van der Waals surface area contributed by atoms with Gasteiger partial charge in [0.1, 0.15) is 5.75 Å². The van der Waals surface area contributed by atoms with Gasteiger partial charge in [0.25, 0.3) is 5.91 Å². The Labute approximate surface area is 112 Å². The molecule has 2 rings (SSSR count). The minimum atomic E-state index is -0.0315. The molecule has 0 aliphatic carbocycles. The van der Waals surface area contributed by atoms with E-state index in [0.717, 1.165) is 12.3 Å². The molecule has 1 amide bonds. The average molecular weight is 265 g/mol. The van der Waals surface area contributed by atoms with Gasteiger partial charge in [0, 0.05) is 6.54 Å². The van der Waals surface area contributed by atoms with Gasteiger partial charge in [0.2, 0.25) is 0 Å². The molecule has 0 unspecified atom stereocenters. The molecule has 0 bridgehead atoms. The zero-order valence-electron chi connectivity index (χ0n) is 10.6. The number of benzene rings is 1. The Bertz CT molecular complexity index is 403. The summed E-state index contributed by atoms with van der Waals surface area (Å²) in [5.74, 6) is 3.64. The molecule has 1 aromatic rings. The van der Waals surface area contributed by atoms with E-state index >= 15 is 0 Å². The van der Waals surface area contributed by atoms with Crippen LogP contribution in [0.25, 0.3) is 0 Å². The fourth-order valence-corrected chi connectivity index (χ4v) is 3.30. The first-order chi connectivity index (χ1) is 8.81. The SMILES string of the molecule is CCOc1ccccc1C(=O)NC[C@@H]1CCSC1. The number of ether oxygens (including phenoxy) is 1. The smallest absolute Gasteiger partial charge is 0.255 e. The number of para-hydroxylation sites is 1. The highest BCUT2D eigenvalue weighted by Gasteiger charge is 2.17. The van der Waals surface area contributed by atoms with E-state index in [1.54, 1.807) is 0 Å². The quantitative estimate of drug-likeness (QED) is 0.889. The normalized spacial score (nSPS) is 18.6. The van der Waals surface area contributed by atoms with Crippen LogP contribution in [0.5, 0.6) is 5.75 Å². The van der Waals surface area contributed by atoms with Crippen LogP contribution in [0.1, 0.15) is 23.7 Å². The van der Waals surface area contributed by atoms with E-state index in [9.17, 15) is 4.79 Å². The zero-order chi connectivity index (χ0) is 12.8. The van der Waals surface area contributed by atoms with E-state index in [4.69, 9.17) is 4.74 Å². The van der Waals surface area contributed by atoms with Gasteiger partial charge in [-0.05, 0) is 42.9 Å². The fourth-order valence-electron chi connectivity index (χ4n) is 2.01. The first-order valence-corrected chi connectivity index (χ1v) is 7.54. The van der Waals surface area contributed by atoms with Crippen LogP contribution in [0.4, 0.5) is 0 Å². The van der Waals surface area contributed by atoms with Gasteiger partial charge < -0.3 is 10.1 Å². The van der Waals surface area contributed by atoms with Crippen LogP contribution >= 0.6 is 11.8 Å². The lowest BCUT2D eigenvalue weighted by Gasteiger charge is -2.12. The second-order valence-corrected chi connectivity index (χ2v) is 5.52. The second-order valence-electron chi connectivity index (χ2n) is 4.37. The van der Waals surface area contributed by atoms with Crippen molar-refractivity contribution in [2.45, 2.75) is 13.3 Å². The number of amides is 1. The number of hydrogen-bond acceptors (Lipinski definition) is 3. The van der Waals surface area contributed by atoms with Gasteiger partial charge >= 0.3 is 0 Å². The van der Waals surface area contributed by atoms with Crippen molar-refractivity contribution < 1.29 is 9.53 Å². The largest absolute Gasteiger partial charge is 0.493 e. The van der Waals surface area contributed by atoms with Gasteiger partial charge in [0.05, 0.1) is 12.2 Å². The maximum absolute atomic E-state index is 12.1. The number of hydrogen-bond donors (Lipinski definition) is 1. The molecule has 1 fully saturated rings. The van der Waals surface area contributed by atoms with Gasteiger partial charge in [-0.2, -0.15) is 11.8 Å². The summed E-state index contributed by atoms with van der Waals surface area (Å²) in [4.78, 5) is 12.1. The summed E-state index contributed by atoms with van der Waals surface area (Å²) in [5.41, 5.74) is 0.630. The average Bonchev–Trinajstić information content (AvgIpc) is 2.90. The van der Waals surface area contributed by atoms with E-state index in [2.05, 4.69) is 5.32 Å². The molecule has 98 valence electrons. The topological polar surface area (TPSA) is 38.3 Å². The Morgan fingerprint density at radius 3 is 3.06 bits per heavy atom. The number of carbonyl (C=O) groups excluding carboxylic acids is 1. The van der Waals surface area contributed by atoms with Crippen LogP contribution in [-0.2, 0) is 0 Å². The maximum atomic E-state index is 12.1. The molecule has 1 aromatic carbocycles. The molecule has 4 heteroatoms. The molecule has 0 radical (unpaired) electrons. The molecule has 18 heavy (non-hydrogen) atoms. The summed E-state index contributed by atoms with van der Waals surface area (Å²) in [5, 5.41) is 3.01. The fraction of sp³-hybridized carbons (Fsp3) is 0.500. The Kier molecular flexibility index (Phi) is 4.93. The van der Waals surface area contributed by atoms with Gasteiger partial charge in [-0.3, -0.25) is 4.79 Å². The van der Waals surface area contributed by atoms with Gasteiger partial charge in [0.15, 0.2) is 0 Å². The lowest BCUT2D eigenvalue weighted by molar-refractivity contribution is 0.0944. The molecule has 0 aromatic heterocycles. The van der Waals surface area contributed by atoms with Crippen LogP contribution in [-0.4, -0.2) is 30.6 Å². The summed E-state index contributed by atoms with van der Waals surface area (Å²) < 4.78 is 5.46. The number of rotatable bonds is 5. The third kappa shape index (κ3) is 3.42. The Morgan fingerprint density at radius 1 is 1.50 bits per heavy atom. The molecule has 0 spiro atoms. The predicted molar refractivity (Wildman–Crippen MR) is 75.4 cm³/mol. The molecule has 3 nitrogen and oxygen atoms in total. The molecule has 1 saturated heterocycles. The van der Waals surface area contributed by atoms with E-state index in [-0.39, 0.29) is 5.91 Å². The van der Waals surface area contributed by atoms with E-state index in [1.165, 1.54) is 12.2 Å².